The minimum Gasteiger partial charge on any atom is -0.479 e. The van der Waals surface area contributed by atoms with E-state index in [9.17, 15) is 18.0 Å². The number of carboxylic acid groups (broad SMARTS) is 1. The van der Waals surface area contributed by atoms with Gasteiger partial charge in [0, 0.05) is 7.11 Å². The lowest BCUT2D eigenvalue weighted by Crippen LogP contribution is -2.43. The first-order valence-electron chi connectivity index (χ1n) is 6.29. The van der Waals surface area contributed by atoms with E-state index in [1.165, 1.54) is 7.11 Å². The van der Waals surface area contributed by atoms with Crippen molar-refractivity contribution in [3.63, 3.8) is 0 Å². The van der Waals surface area contributed by atoms with Crippen molar-refractivity contribution in [3.05, 3.63) is 0 Å². The summed E-state index contributed by atoms with van der Waals surface area (Å²) in [5, 5.41) is 10.9. The topological polar surface area (TPSA) is 131 Å². The van der Waals surface area contributed by atoms with E-state index in [2.05, 4.69) is 14.8 Å². The monoisotopic (exact) mass is 326 g/mol. The van der Waals surface area contributed by atoms with Gasteiger partial charge in [-0.1, -0.05) is 0 Å². The molecule has 10 heteroatoms. The van der Waals surface area contributed by atoms with E-state index in [1.807, 2.05) is 0 Å². The van der Waals surface area contributed by atoms with E-state index in [0.29, 0.717) is 0 Å². The third-order valence-corrected chi connectivity index (χ3v) is 3.59. The van der Waals surface area contributed by atoms with E-state index >= 15 is 0 Å². The Labute approximate surface area is 124 Å². The molecule has 0 bridgehead atoms. The third kappa shape index (κ3) is 10.2. The lowest BCUT2D eigenvalue weighted by Gasteiger charge is -2.12. The molecule has 1 atom stereocenters. The number of carbonyl (C=O) groups excluding carboxylic acids is 1. The van der Waals surface area contributed by atoms with Crippen molar-refractivity contribution >= 4 is 21.9 Å². The predicted octanol–water partition coefficient (Wildman–Crippen LogP) is -1.45. The number of hydrogen-bond acceptors (Lipinski definition) is 6. The largest absolute Gasteiger partial charge is 0.479 e. The number of methoxy groups -OCH3 is 1. The van der Waals surface area contributed by atoms with Gasteiger partial charge in [-0.25, -0.2) is 17.9 Å². The molecule has 0 aliphatic carbocycles. The third-order valence-electron chi connectivity index (χ3n) is 2.30. The summed E-state index contributed by atoms with van der Waals surface area (Å²) in [4.78, 5) is 22.0. The Balaban J connectivity index is 4.03. The zero-order valence-electron chi connectivity index (χ0n) is 12.3. The van der Waals surface area contributed by atoms with Gasteiger partial charge in [0.05, 0.1) is 31.6 Å². The average molecular weight is 326 g/mol. The maximum atomic E-state index is 11.5. The Morgan fingerprint density at radius 2 is 1.90 bits per heavy atom. The van der Waals surface area contributed by atoms with Crippen LogP contribution in [-0.4, -0.2) is 70.2 Å². The highest BCUT2D eigenvalue weighted by molar-refractivity contribution is 7.89. The fraction of sp³-hybridized carbons (Fsp3) is 0.818. The van der Waals surface area contributed by atoms with Crippen LogP contribution in [0.1, 0.15) is 13.8 Å². The van der Waals surface area contributed by atoms with Crippen LogP contribution in [0.2, 0.25) is 0 Å². The highest BCUT2D eigenvalue weighted by atomic mass is 32.2. The van der Waals surface area contributed by atoms with Gasteiger partial charge in [0.15, 0.2) is 6.10 Å². The smallest absolute Gasteiger partial charge is 0.334 e. The summed E-state index contributed by atoms with van der Waals surface area (Å²) < 4.78 is 34.9. The Morgan fingerprint density at radius 1 is 1.29 bits per heavy atom. The summed E-state index contributed by atoms with van der Waals surface area (Å²) in [6.45, 7) is 2.87. The molecule has 3 N–H and O–H groups in total. The highest BCUT2D eigenvalue weighted by Gasteiger charge is 2.18. The second kappa shape index (κ2) is 9.66. The highest BCUT2D eigenvalue weighted by Crippen LogP contribution is 1.91. The number of rotatable bonds is 11. The van der Waals surface area contributed by atoms with E-state index in [-0.39, 0.29) is 25.0 Å². The van der Waals surface area contributed by atoms with Crippen molar-refractivity contribution in [1.82, 2.24) is 10.0 Å². The van der Waals surface area contributed by atoms with Crippen molar-refractivity contribution < 1.29 is 32.6 Å². The SMILES string of the molecule is COC(CNC(=O)CNS(=O)(=O)CCOC(C)C)C(=O)O. The Kier molecular flexibility index (Phi) is 9.09. The quantitative estimate of drug-likeness (QED) is 0.423. The summed E-state index contributed by atoms with van der Waals surface area (Å²) in [5.74, 6) is -2.12. The molecule has 124 valence electrons. The van der Waals surface area contributed by atoms with E-state index < -0.39 is 34.5 Å². The zero-order valence-corrected chi connectivity index (χ0v) is 13.1. The van der Waals surface area contributed by atoms with Crippen molar-refractivity contribution in [2.75, 3.05) is 32.6 Å². The lowest BCUT2D eigenvalue weighted by atomic mass is 10.3. The first-order chi connectivity index (χ1) is 9.68. The van der Waals surface area contributed by atoms with E-state index in [1.54, 1.807) is 13.8 Å². The maximum Gasteiger partial charge on any atom is 0.334 e. The standard InChI is InChI=1S/C11H22N2O7S/c1-8(2)20-4-5-21(17,18)13-7-10(14)12-6-9(19-3)11(15)16/h8-9,13H,4-7H2,1-3H3,(H,12,14)(H,15,16). The fourth-order valence-corrected chi connectivity index (χ4v) is 1.99. The van der Waals surface area contributed by atoms with Crippen LogP contribution in [0.25, 0.3) is 0 Å². The summed E-state index contributed by atoms with van der Waals surface area (Å²) in [5.41, 5.74) is 0. The molecule has 0 aromatic heterocycles. The van der Waals surface area contributed by atoms with Crippen LogP contribution >= 0.6 is 0 Å². The molecule has 0 fully saturated rings. The first kappa shape index (κ1) is 19.8. The molecule has 0 aliphatic rings. The van der Waals surface area contributed by atoms with Crippen LogP contribution in [0, 0.1) is 0 Å². The molecule has 9 nitrogen and oxygen atoms in total. The molecular weight excluding hydrogens is 304 g/mol. The number of nitrogens with one attached hydrogen (secondary N) is 2. The molecule has 0 saturated heterocycles. The maximum absolute atomic E-state index is 11.5. The normalized spacial score (nSPS) is 13.1. The van der Waals surface area contributed by atoms with Gasteiger partial charge >= 0.3 is 5.97 Å². The molecule has 0 rings (SSSR count). The zero-order chi connectivity index (χ0) is 16.5. The van der Waals surface area contributed by atoms with Crippen molar-refractivity contribution in [1.29, 1.82) is 0 Å². The summed E-state index contributed by atoms with van der Waals surface area (Å²) in [6.07, 6.45) is -1.25. The fourth-order valence-electron chi connectivity index (χ4n) is 1.18. The van der Waals surface area contributed by atoms with E-state index in [4.69, 9.17) is 9.84 Å². The minimum absolute atomic E-state index is 0.0272. The Morgan fingerprint density at radius 3 is 2.38 bits per heavy atom. The van der Waals surface area contributed by atoms with Crippen LogP contribution in [0.3, 0.4) is 0 Å². The van der Waals surface area contributed by atoms with Crippen LogP contribution in [0.4, 0.5) is 0 Å². The minimum atomic E-state index is -3.62. The van der Waals surface area contributed by atoms with Gasteiger partial charge < -0.3 is 19.9 Å². The molecule has 0 radical (unpaired) electrons. The number of amides is 1. The molecule has 0 saturated carbocycles. The van der Waals surface area contributed by atoms with Crippen LogP contribution in [-0.2, 0) is 29.1 Å². The molecule has 1 amide bonds. The first-order valence-corrected chi connectivity index (χ1v) is 7.94. The molecule has 21 heavy (non-hydrogen) atoms. The van der Waals surface area contributed by atoms with Gasteiger partial charge in [0.1, 0.15) is 0 Å². The molecule has 0 aromatic rings. The Hall–Kier alpha value is -1.23. The van der Waals surface area contributed by atoms with Gasteiger partial charge in [0.2, 0.25) is 15.9 Å². The number of carboxylic acids is 1. The molecule has 0 aromatic carbocycles. The van der Waals surface area contributed by atoms with Crippen LogP contribution in [0.5, 0.6) is 0 Å². The number of carbonyl (C=O) groups is 2. The van der Waals surface area contributed by atoms with Crippen molar-refractivity contribution in [2.45, 2.75) is 26.1 Å². The number of sulfonamides is 1. The molecule has 1 unspecified atom stereocenters. The number of hydrogen-bond donors (Lipinski definition) is 3. The summed E-state index contributed by atoms with van der Waals surface area (Å²) >= 11 is 0. The van der Waals surface area contributed by atoms with Gasteiger partial charge in [-0.05, 0) is 13.8 Å². The van der Waals surface area contributed by atoms with Crippen LogP contribution in [0.15, 0.2) is 0 Å². The van der Waals surface area contributed by atoms with Gasteiger partial charge in [-0.3, -0.25) is 4.79 Å². The number of aliphatic carboxylic acids is 1. The number of ether oxygens (including phenoxy) is 2. The summed E-state index contributed by atoms with van der Waals surface area (Å²) in [7, 11) is -2.42. The lowest BCUT2D eigenvalue weighted by molar-refractivity contribution is -0.148. The Bertz CT molecular complexity index is 436. The van der Waals surface area contributed by atoms with Crippen molar-refractivity contribution in [3.8, 4) is 0 Å². The predicted molar refractivity (Wildman–Crippen MR) is 74.3 cm³/mol. The summed E-state index contributed by atoms with van der Waals surface area (Å²) in [6, 6.07) is 0. The molecule has 0 aliphatic heterocycles. The molecule has 0 heterocycles. The van der Waals surface area contributed by atoms with Crippen LogP contribution < -0.4 is 10.0 Å². The van der Waals surface area contributed by atoms with Gasteiger partial charge in [0.25, 0.3) is 0 Å². The molecular formula is C11H22N2O7S. The van der Waals surface area contributed by atoms with Gasteiger partial charge in [-0.2, -0.15) is 0 Å². The second-order valence-electron chi connectivity index (χ2n) is 4.43. The van der Waals surface area contributed by atoms with Gasteiger partial charge in [-0.15, -0.1) is 0 Å². The average Bonchev–Trinajstić information content (AvgIpc) is 2.36. The van der Waals surface area contributed by atoms with E-state index in [0.717, 1.165) is 0 Å². The van der Waals surface area contributed by atoms with Crippen molar-refractivity contribution in [2.24, 2.45) is 0 Å². The molecule has 0 spiro atoms. The second-order valence-corrected chi connectivity index (χ2v) is 6.35.